The minimum Gasteiger partial charge on any atom is -0.384 e. The lowest BCUT2D eigenvalue weighted by Crippen LogP contribution is -2.50. The van der Waals surface area contributed by atoms with E-state index in [1.165, 1.54) is 7.11 Å². The highest BCUT2D eigenvalue weighted by Crippen LogP contribution is 2.22. The van der Waals surface area contributed by atoms with Gasteiger partial charge < -0.3 is 10.1 Å². The van der Waals surface area contributed by atoms with Crippen LogP contribution in [0.4, 0.5) is 0 Å². The van der Waals surface area contributed by atoms with Crippen molar-refractivity contribution >= 4 is 10.0 Å². The van der Waals surface area contributed by atoms with Crippen molar-refractivity contribution in [2.75, 3.05) is 39.6 Å². The molecule has 2 atom stereocenters. The van der Waals surface area contributed by atoms with Crippen LogP contribution in [0.3, 0.4) is 0 Å². The maximum absolute atomic E-state index is 12.0. The molecule has 5 nitrogen and oxygen atoms in total. The average molecular weight is 264 g/mol. The van der Waals surface area contributed by atoms with E-state index in [0.717, 1.165) is 12.8 Å². The molecule has 1 aliphatic rings. The van der Waals surface area contributed by atoms with E-state index in [9.17, 15) is 8.42 Å². The summed E-state index contributed by atoms with van der Waals surface area (Å²) in [7, 11) is 0.333. The summed E-state index contributed by atoms with van der Waals surface area (Å²) in [5.41, 5.74) is 0. The Hall–Kier alpha value is -0.170. The lowest BCUT2D eigenvalue weighted by molar-refractivity contribution is 0.199. The number of nitrogens with zero attached hydrogens (tertiary/aromatic N) is 1. The molecule has 2 unspecified atom stereocenters. The van der Waals surface area contributed by atoms with E-state index in [1.807, 2.05) is 7.05 Å². The summed E-state index contributed by atoms with van der Waals surface area (Å²) in [5, 5.41) is 3.27. The predicted octanol–water partition coefficient (Wildman–Crippen LogP) is 0.283. The Morgan fingerprint density at radius 3 is 2.71 bits per heavy atom. The van der Waals surface area contributed by atoms with Crippen LogP contribution in [0, 0.1) is 5.92 Å². The first kappa shape index (κ1) is 14.9. The Bertz CT molecular complexity index is 319. The van der Waals surface area contributed by atoms with Crippen LogP contribution < -0.4 is 5.32 Å². The Kier molecular flexibility index (Phi) is 5.85. The van der Waals surface area contributed by atoms with Crippen molar-refractivity contribution in [1.82, 2.24) is 9.62 Å². The van der Waals surface area contributed by atoms with Crippen LogP contribution in [0.25, 0.3) is 0 Å². The molecule has 17 heavy (non-hydrogen) atoms. The fourth-order valence-electron chi connectivity index (χ4n) is 2.36. The molecule has 0 radical (unpaired) electrons. The fraction of sp³-hybridized carbons (Fsp3) is 1.00. The van der Waals surface area contributed by atoms with Gasteiger partial charge in [0.15, 0.2) is 0 Å². The molecule has 0 amide bonds. The zero-order chi connectivity index (χ0) is 12.9. The number of sulfonamides is 1. The summed E-state index contributed by atoms with van der Waals surface area (Å²) in [6.07, 6.45) is 1.89. The Morgan fingerprint density at radius 1 is 1.47 bits per heavy atom. The van der Waals surface area contributed by atoms with Crippen molar-refractivity contribution in [3.63, 3.8) is 0 Å². The molecule has 1 aliphatic heterocycles. The first-order valence-electron chi connectivity index (χ1n) is 6.19. The van der Waals surface area contributed by atoms with Gasteiger partial charge in [-0.3, -0.25) is 0 Å². The van der Waals surface area contributed by atoms with Gasteiger partial charge in [0.2, 0.25) is 10.0 Å². The summed E-state index contributed by atoms with van der Waals surface area (Å²) < 4.78 is 30.5. The number of nitrogens with one attached hydrogen (secondary N) is 1. The van der Waals surface area contributed by atoms with Crippen molar-refractivity contribution in [1.29, 1.82) is 0 Å². The molecule has 1 rings (SSSR count). The van der Waals surface area contributed by atoms with Crippen LogP contribution in [0.2, 0.25) is 0 Å². The number of hydrogen-bond donors (Lipinski definition) is 1. The van der Waals surface area contributed by atoms with Crippen molar-refractivity contribution in [2.45, 2.75) is 25.8 Å². The summed E-state index contributed by atoms with van der Waals surface area (Å²) >= 11 is 0. The zero-order valence-electron chi connectivity index (χ0n) is 11.0. The van der Waals surface area contributed by atoms with E-state index in [-0.39, 0.29) is 12.4 Å². The van der Waals surface area contributed by atoms with Gasteiger partial charge in [0.1, 0.15) is 0 Å². The van der Waals surface area contributed by atoms with Gasteiger partial charge in [-0.15, -0.1) is 0 Å². The molecular formula is C11H24N2O3S. The van der Waals surface area contributed by atoms with Gasteiger partial charge in [0.25, 0.3) is 0 Å². The van der Waals surface area contributed by atoms with Crippen LogP contribution in [0.5, 0.6) is 0 Å². The van der Waals surface area contributed by atoms with Gasteiger partial charge in [0, 0.05) is 26.2 Å². The molecule has 102 valence electrons. The highest BCUT2D eigenvalue weighted by molar-refractivity contribution is 7.89. The average Bonchev–Trinajstić information content (AvgIpc) is 2.35. The first-order chi connectivity index (χ1) is 8.05. The Balaban J connectivity index is 2.62. The molecule has 0 saturated carbocycles. The smallest absolute Gasteiger partial charge is 0.216 e. The minimum atomic E-state index is -3.14. The van der Waals surface area contributed by atoms with E-state index in [1.54, 1.807) is 4.31 Å². The van der Waals surface area contributed by atoms with Gasteiger partial charge in [0.05, 0.1) is 12.4 Å². The molecule has 1 heterocycles. The molecular weight excluding hydrogens is 240 g/mol. The molecule has 1 N–H and O–H groups in total. The van der Waals surface area contributed by atoms with Gasteiger partial charge in [-0.25, -0.2) is 12.7 Å². The lowest BCUT2D eigenvalue weighted by atomic mass is 9.91. The number of piperidine rings is 1. The largest absolute Gasteiger partial charge is 0.384 e. The third-order valence-electron chi connectivity index (χ3n) is 3.53. The molecule has 0 aliphatic carbocycles. The van der Waals surface area contributed by atoms with E-state index in [4.69, 9.17) is 4.74 Å². The Morgan fingerprint density at radius 2 is 2.18 bits per heavy atom. The third-order valence-corrected chi connectivity index (χ3v) is 5.33. The quantitative estimate of drug-likeness (QED) is 0.749. The number of hydrogen-bond acceptors (Lipinski definition) is 4. The monoisotopic (exact) mass is 264 g/mol. The maximum atomic E-state index is 12.0. The summed E-state index contributed by atoms with van der Waals surface area (Å²) in [5.74, 6) is 0.496. The van der Waals surface area contributed by atoms with E-state index in [2.05, 4.69) is 12.2 Å². The van der Waals surface area contributed by atoms with Crippen LogP contribution in [0.1, 0.15) is 19.8 Å². The topological polar surface area (TPSA) is 58.6 Å². The molecule has 0 bridgehead atoms. The number of methoxy groups -OCH3 is 1. The summed E-state index contributed by atoms with van der Waals surface area (Å²) in [4.78, 5) is 0. The summed E-state index contributed by atoms with van der Waals surface area (Å²) in [6, 6.07) is 0.439. The van der Waals surface area contributed by atoms with Gasteiger partial charge in [-0.2, -0.15) is 0 Å². The van der Waals surface area contributed by atoms with E-state index >= 15 is 0 Å². The molecule has 0 spiro atoms. The molecule has 1 fully saturated rings. The second-order valence-electron chi connectivity index (χ2n) is 4.52. The molecule has 0 aromatic carbocycles. The van der Waals surface area contributed by atoms with Gasteiger partial charge in [-0.1, -0.05) is 13.3 Å². The highest BCUT2D eigenvalue weighted by Gasteiger charge is 2.32. The third kappa shape index (κ3) is 3.91. The van der Waals surface area contributed by atoms with E-state index in [0.29, 0.717) is 25.0 Å². The molecule has 1 saturated heterocycles. The zero-order valence-corrected chi connectivity index (χ0v) is 11.8. The van der Waals surface area contributed by atoms with Gasteiger partial charge >= 0.3 is 0 Å². The van der Waals surface area contributed by atoms with E-state index < -0.39 is 10.0 Å². The SMILES string of the molecule is CCC1CN(S(=O)(=O)CCOC)CCC1NC. The molecule has 0 aromatic rings. The maximum Gasteiger partial charge on any atom is 0.216 e. The fourth-order valence-corrected chi connectivity index (χ4v) is 3.80. The van der Waals surface area contributed by atoms with Crippen molar-refractivity contribution < 1.29 is 13.2 Å². The van der Waals surface area contributed by atoms with Crippen molar-refractivity contribution in [3.05, 3.63) is 0 Å². The second kappa shape index (κ2) is 6.68. The van der Waals surface area contributed by atoms with Crippen LogP contribution in [0.15, 0.2) is 0 Å². The van der Waals surface area contributed by atoms with Crippen LogP contribution in [-0.4, -0.2) is 58.4 Å². The highest BCUT2D eigenvalue weighted by atomic mass is 32.2. The minimum absolute atomic E-state index is 0.0875. The first-order valence-corrected chi connectivity index (χ1v) is 7.80. The number of rotatable bonds is 6. The second-order valence-corrected chi connectivity index (χ2v) is 6.61. The standard InChI is InChI=1S/C11H24N2O3S/c1-4-10-9-13(6-5-11(10)12-2)17(14,15)8-7-16-3/h10-12H,4-9H2,1-3H3. The Labute approximate surface area is 105 Å². The van der Waals surface area contributed by atoms with Crippen molar-refractivity contribution in [2.24, 2.45) is 5.92 Å². The lowest BCUT2D eigenvalue weighted by Gasteiger charge is -2.37. The molecule has 0 aromatic heterocycles. The predicted molar refractivity (Wildman–Crippen MR) is 68.5 cm³/mol. The normalized spacial score (nSPS) is 27.2. The summed E-state index contributed by atoms with van der Waals surface area (Å²) in [6.45, 7) is 3.63. The van der Waals surface area contributed by atoms with Crippen LogP contribution in [-0.2, 0) is 14.8 Å². The number of ether oxygens (including phenoxy) is 1. The van der Waals surface area contributed by atoms with Crippen molar-refractivity contribution in [3.8, 4) is 0 Å². The van der Waals surface area contributed by atoms with Crippen LogP contribution >= 0.6 is 0 Å². The van der Waals surface area contributed by atoms with Gasteiger partial charge in [-0.05, 0) is 19.4 Å². The molecule has 6 heteroatoms.